The second-order valence-electron chi connectivity index (χ2n) is 14.3. The minimum absolute atomic E-state index is 0.356. The molecule has 10 rings (SSSR count). The van der Waals surface area contributed by atoms with E-state index >= 15 is 0 Å². The van der Waals surface area contributed by atoms with Crippen LogP contribution in [0.1, 0.15) is 49.7 Å². The highest BCUT2D eigenvalue weighted by Gasteiger charge is 2.51. The average molecular weight is 621 g/mol. The van der Waals surface area contributed by atoms with E-state index in [9.17, 15) is 5.26 Å². The predicted molar refractivity (Wildman–Crippen MR) is 192 cm³/mol. The molecule has 0 unspecified atom stereocenters. The zero-order valence-corrected chi connectivity index (χ0v) is 26.9. The first kappa shape index (κ1) is 28.8. The van der Waals surface area contributed by atoms with E-state index in [2.05, 4.69) is 91.0 Å². The molecule has 5 aromatic carbocycles. The molecule has 0 radical (unpaired) electrons. The topological polar surface area (TPSA) is 62.5 Å². The Morgan fingerprint density at radius 2 is 1.00 bits per heavy atom. The van der Waals surface area contributed by atoms with Crippen molar-refractivity contribution >= 4 is 0 Å². The Kier molecular flexibility index (Phi) is 7.01. The van der Waals surface area contributed by atoms with Gasteiger partial charge in [-0.3, -0.25) is 0 Å². The summed E-state index contributed by atoms with van der Waals surface area (Å²) in [5.74, 6) is 4.73. The monoisotopic (exact) mass is 620 g/mol. The maximum atomic E-state index is 9.59. The van der Waals surface area contributed by atoms with Gasteiger partial charge in [0.2, 0.25) is 0 Å². The number of hydrogen-bond donors (Lipinski definition) is 0. The van der Waals surface area contributed by atoms with Gasteiger partial charge in [0.25, 0.3) is 0 Å². The van der Waals surface area contributed by atoms with Gasteiger partial charge in [0.1, 0.15) is 0 Å². The lowest BCUT2D eigenvalue weighted by molar-refractivity contribution is -0.00518. The normalized spacial score (nSPS) is 22.4. The molecule has 4 aliphatic rings. The Bertz CT molecular complexity index is 2130. The Morgan fingerprint density at radius 3 is 1.60 bits per heavy atom. The Balaban J connectivity index is 1.15. The first-order chi connectivity index (χ1) is 23.6. The van der Waals surface area contributed by atoms with Crippen LogP contribution < -0.4 is 0 Å². The van der Waals surface area contributed by atoms with Gasteiger partial charge < -0.3 is 0 Å². The van der Waals surface area contributed by atoms with Gasteiger partial charge in [-0.15, -0.1) is 0 Å². The highest BCUT2D eigenvalue weighted by atomic mass is 15.0. The molecule has 4 heteroatoms. The molecule has 4 nitrogen and oxygen atoms in total. The molecule has 0 aliphatic heterocycles. The van der Waals surface area contributed by atoms with Crippen LogP contribution in [-0.2, 0) is 5.41 Å². The van der Waals surface area contributed by atoms with E-state index < -0.39 is 0 Å². The molecule has 0 N–H and O–H groups in total. The van der Waals surface area contributed by atoms with Crippen LogP contribution in [0.5, 0.6) is 0 Å². The van der Waals surface area contributed by atoms with E-state index in [-0.39, 0.29) is 0 Å². The molecule has 48 heavy (non-hydrogen) atoms. The van der Waals surface area contributed by atoms with Crippen molar-refractivity contribution in [1.29, 1.82) is 5.26 Å². The molecular weight excluding hydrogens is 585 g/mol. The van der Waals surface area contributed by atoms with E-state index in [1.54, 1.807) is 0 Å². The van der Waals surface area contributed by atoms with Crippen LogP contribution in [-0.4, -0.2) is 15.0 Å². The molecule has 1 heterocycles. The Morgan fingerprint density at radius 1 is 0.479 bits per heavy atom. The number of nitriles is 1. The lowest BCUT2D eigenvalue weighted by Crippen LogP contribution is -2.48. The molecule has 4 fully saturated rings. The molecule has 6 aromatic rings. The second-order valence-corrected chi connectivity index (χ2v) is 14.3. The smallest absolute Gasteiger partial charge is 0.164 e. The van der Waals surface area contributed by atoms with Crippen molar-refractivity contribution in [3.05, 3.63) is 139 Å². The van der Waals surface area contributed by atoms with Crippen molar-refractivity contribution in [2.24, 2.45) is 17.8 Å². The lowest BCUT2D eigenvalue weighted by atomic mass is 9.48. The summed E-state index contributed by atoms with van der Waals surface area (Å²) in [5.41, 5.74) is 9.60. The summed E-state index contributed by atoms with van der Waals surface area (Å²) in [4.78, 5) is 15.2. The third-order valence-corrected chi connectivity index (χ3v) is 11.1. The molecule has 0 amide bonds. The van der Waals surface area contributed by atoms with Crippen molar-refractivity contribution in [1.82, 2.24) is 15.0 Å². The third-order valence-electron chi connectivity index (χ3n) is 11.1. The minimum atomic E-state index is 0.356. The van der Waals surface area contributed by atoms with Crippen LogP contribution in [0.15, 0.2) is 127 Å². The van der Waals surface area contributed by atoms with Crippen LogP contribution in [0.2, 0.25) is 0 Å². The Hall–Kier alpha value is -5.40. The molecule has 4 saturated carbocycles. The molecule has 0 atom stereocenters. The summed E-state index contributed by atoms with van der Waals surface area (Å²) in [5, 5.41) is 9.59. The molecule has 4 aliphatic carbocycles. The van der Waals surface area contributed by atoms with E-state index in [1.807, 2.05) is 42.5 Å². The van der Waals surface area contributed by atoms with Crippen molar-refractivity contribution in [2.75, 3.05) is 0 Å². The molecule has 0 saturated heterocycles. The summed E-state index contributed by atoms with van der Waals surface area (Å²) in [6.07, 6.45) is 8.41. The van der Waals surface area contributed by atoms with Crippen LogP contribution in [0.25, 0.3) is 56.4 Å². The van der Waals surface area contributed by atoms with E-state index in [0.29, 0.717) is 28.5 Å². The van der Waals surface area contributed by atoms with Crippen molar-refractivity contribution < 1.29 is 0 Å². The number of hydrogen-bond acceptors (Lipinski definition) is 4. The predicted octanol–water partition coefficient (Wildman–Crippen LogP) is 10.5. The molecule has 4 bridgehead atoms. The molecule has 1 aromatic heterocycles. The minimum Gasteiger partial charge on any atom is -0.208 e. The maximum absolute atomic E-state index is 9.59. The quantitative estimate of drug-likeness (QED) is 0.186. The van der Waals surface area contributed by atoms with E-state index in [0.717, 1.165) is 56.7 Å². The number of nitrogens with zero attached hydrogens (tertiary/aromatic N) is 4. The molecule has 0 spiro atoms. The van der Waals surface area contributed by atoms with Gasteiger partial charge in [0.05, 0.1) is 11.6 Å². The Labute approximate surface area is 282 Å². The largest absolute Gasteiger partial charge is 0.208 e. The first-order valence-corrected chi connectivity index (χ1v) is 17.3. The third kappa shape index (κ3) is 5.20. The van der Waals surface area contributed by atoms with Gasteiger partial charge >= 0.3 is 0 Å². The molecule has 232 valence electrons. The highest BCUT2D eigenvalue weighted by Crippen LogP contribution is 2.60. The highest BCUT2D eigenvalue weighted by molar-refractivity contribution is 5.87. The zero-order valence-electron chi connectivity index (χ0n) is 26.9. The summed E-state index contributed by atoms with van der Waals surface area (Å²) in [6, 6.07) is 46.2. The van der Waals surface area contributed by atoms with Gasteiger partial charge in [-0.1, -0.05) is 109 Å². The van der Waals surface area contributed by atoms with Gasteiger partial charge in [0.15, 0.2) is 17.5 Å². The van der Waals surface area contributed by atoms with Crippen molar-refractivity contribution in [3.63, 3.8) is 0 Å². The number of rotatable bonds is 6. The fourth-order valence-electron chi connectivity index (χ4n) is 9.34. The van der Waals surface area contributed by atoms with Crippen LogP contribution in [0.3, 0.4) is 0 Å². The fraction of sp³-hybridized carbons (Fsp3) is 0.227. The van der Waals surface area contributed by atoms with E-state index in [1.165, 1.54) is 44.1 Å². The number of benzene rings is 5. The van der Waals surface area contributed by atoms with Crippen LogP contribution >= 0.6 is 0 Å². The summed E-state index contributed by atoms with van der Waals surface area (Å²) >= 11 is 0. The van der Waals surface area contributed by atoms with Gasteiger partial charge in [-0.2, -0.15) is 5.26 Å². The average Bonchev–Trinajstić information content (AvgIpc) is 3.15. The summed E-state index contributed by atoms with van der Waals surface area (Å²) in [6.45, 7) is 0. The first-order valence-electron chi connectivity index (χ1n) is 17.3. The van der Waals surface area contributed by atoms with Crippen LogP contribution in [0.4, 0.5) is 0 Å². The summed E-state index contributed by atoms with van der Waals surface area (Å²) < 4.78 is 0. The van der Waals surface area contributed by atoms with Crippen LogP contribution in [0, 0.1) is 29.1 Å². The van der Waals surface area contributed by atoms with Gasteiger partial charge in [0, 0.05) is 16.7 Å². The van der Waals surface area contributed by atoms with Gasteiger partial charge in [-0.05, 0) is 108 Å². The standard InChI is InChI=1S/C44H36N4/c45-28-29-8-7-13-36(23-29)39-19-16-37(24-40(39)33-9-3-1-4-10-33)43-47-41(34-11-5-2-6-12-34)46-42(48-43)35-14-17-38(18-15-35)44-25-30-20-31(26-44)22-32(21-30)27-44/h1-19,23-24,30-32H,20-22,25-27H2/t30-,31+,32-,44?. The zero-order chi connectivity index (χ0) is 32.1. The van der Waals surface area contributed by atoms with Crippen molar-refractivity contribution in [2.45, 2.75) is 43.9 Å². The van der Waals surface area contributed by atoms with Gasteiger partial charge in [-0.25, -0.2) is 15.0 Å². The number of aromatic nitrogens is 3. The van der Waals surface area contributed by atoms with E-state index in [4.69, 9.17) is 15.0 Å². The summed E-state index contributed by atoms with van der Waals surface area (Å²) in [7, 11) is 0. The maximum Gasteiger partial charge on any atom is 0.164 e. The SMILES string of the molecule is N#Cc1cccc(-c2ccc(-c3nc(-c4ccccc4)nc(-c4ccc(C56C[C@H]7C[C@@H](C5)C[C@@H](C6)C7)cc4)n3)cc2-c2ccccc2)c1. The molecular formula is C44H36N4. The lowest BCUT2D eigenvalue weighted by Gasteiger charge is -2.57. The van der Waals surface area contributed by atoms with Crippen molar-refractivity contribution in [3.8, 4) is 62.5 Å². The fourth-order valence-corrected chi connectivity index (χ4v) is 9.34. The second kappa shape index (κ2) is 11.7.